The second-order valence-electron chi connectivity index (χ2n) is 5.11. The van der Waals surface area contributed by atoms with Crippen LogP contribution in [0.5, 0.6) is 0 Å². The van der Waals surface area contributed by atoms with Gasteiger partial charge in [-0.25, -0.2) is 5.84 Å². The number of nitro benzene ring substituents is 1. The van der Waals surface area contributed by atoms with E-state index < -0.39 is 10.3 Å². The predicted molar refractivity (Wildman–Crippen MR) is 67.3 cm³/mol. The molecule has 0 aliphatic rings. The summed E-state index contributed by atoms with van der Waals surface area (Å²) in [5.74, 6) is 5.50. The van der Waals surface area contributed by atoms with Gasteiger partial charge in [0.15, 0.2) is 0 Å². The van der Waals surface area contributed by atoms with E-state index in [1.54, 1.807) is 32.9 Å². The summed E-state index contributed by atoms with van der Waals surface area (Å²) in [4.78, 5) is 21.9. The van der Waals surface area contributed by atoms with Gasteiger partial charge in [0.1, 0.15) is 0 Å². The topological polar surface area (TPSA) is 89.5 Å². The molecular weight excluding hydrogens is 234 g/mol. The fraction of sp³-hybridized carbons (Fsp3) is 0.417. The third-order valence-corrected chi connectivity index (χ3v) is 2.40. The van der Waals surface area contributed by atoms with E-state index in [9.17, 15) is 14.9 Å². The van der Waals surface area contributed by atoms with Gasteiger partial charge in [-0.1, -0.05) is 32.9 Å². The molecule has 0 bridgehead atoms. The summed E-state index contributed by atoms with van der Waals surface area (Å²) in [6.07, 6.45) is 0. The van der Waals surface area contributed by atoms with Crippen molar-refractivity contribution in [1.82, 2.24) is 5.01 Å². The van der Waals surface area contributed by atoms with Crippen LogP contribution < -0.4 is 5.84 Å². The van der Waals surface area contributed by atoms with Crippen LogP contribution in [0.3, 0.4) is 0 Å². The first kappa shape index (κ1) is 14.1. The Kier molecular flexibility index (Phi) is 4.03. The van der Waals surface area contributed by atoms with Crippen molar-refractivity contribution in [2.45, 2.75) is 27.3 Å². The Morgan fingerprint density at radius 3 is 2.22 bits per heavy atom. The van der Waals surface area contributed by atoms with E-state index in [0.29, 0.717) is 0 Å². The first-order valence-electron chi connectivity index (χ1n) is 5.52. The number of hydrogen-bond donors (Lipinski definition) is 1. The molecule has 18 heavy (non-hydrogen) atoms. The maximum absolute atomic E-state index is 11.8. The van der Waals surface area contributed by atoms with Crippen LogP contribution in [0.25, 0.3) is 0 Å². The molecule has 0 atom stereocenters. The lowest BCUT2D eigenvalue weighted by Crippen LogP contribution is -2.43. The summed E-state index contributed by atoms with van der Waals surface area (Å²) in [7, 11) is 0. The van der Waals surface area contributed by atoms with E-state index in [0.717, 1.165) is 10.6 Å². The molecule has 0 saturated heterocycles. The largest absolute Gasteiger partial charge is 0.276 e. The van der Waals surface area contributed by atoms with Crippen LogP contribution in [-0.2, 0) is 11.3 Å². The third-order valence-electron chi connectivity index (χ3n) is 2.40. The van der Waals surface area contributed by atoms with Crippen molar-refractivity contribution < 1.29 is 9.72 Å². The smallest absolute Gasteiger partial charge is 0.269 e. The zero-order valence-electron chi connectivity index (χ0n) is 10.7. The highest BCUT2D eigenvalue weighted by molar-refractivity contribution is 5.80. The molecule has 0 spiro atoms. The number of nitrogens with zero attached hydrogens (tertiary/aromatic N) is 2. The first-order valence-corrected chi connectivity index (χ1v) is 5.52. The molecule has 0 unspecified atom stereocenters. The Labute approximate surface area is 106 Å². The number of rotatable bonds is 3. The number of hydrazine groups is 1. The van der Waals surface area contributed by atoms with Crippen LogP contribution in [0.2, 0.25) is 0 Å². The highest BCUT2D eigenvalue weighted by Crippen LogP contribution is 2.18. The second kappa shape index (κ2) is 5.14. The van der Waals surface area contributed by atoms with E-state index in [-0.39, 0.29) is 18.1 Å². The van der Waals surface area contributed by atoms with Crippen LogP contribution in [0.15, 0.2) is 24.3 Å². The SMILES string of the molecule is CC(C)(C)C(=O)N(N)Cc1ccc([N+](=O)[O-])cc1. The summed E-state index contributed by atoms with van der Waals surface area (Å²) in [6.45, 7) is 5.58. The van der Waals surface area contributed by atoms with Crippen LogP contribution in [0.1, 0.15) is 26.3 Å². The van der Waals surface area contributed by atoms with Gasteiger partial charge in [0.2, 0.25) is 5.91 Å². The Bertz CT molecular complexity index is 449. The summed E-state index contributed by atoms with van der Waals surface area (Å²) in [6, 6.07) is 5.97. The summed E-state index contributed by atoms with van der Waals surface area (Å²) < 4.78 is 0. The zero-order chi connectivity index (χ0) is 13.9. The summed E-state index contributed by atoms with van der Waals surface area (Å²) in [5, 5.41) is 11.6. The number of amides is 1. The molecule has 2 N–H and O–H groups in total. The fourth-order valence-electron chi connectivity index (χ4n) is 1.42. The molecule has 6 nitrogen and oxygen atoms in total. The van der Waals surface area contributed by atoms with Gasteiger partial charge in [-0.15, -0.1) is 0 Å². The lowest BCUT2D eigenvalue weighted by atomic mass is 9.95. The molecule has 1 aromatic rings. The van der Waals surface area contributed by atoms with E-state index in [1.807, 2.05) is 0 Å². The number of carbonyl (C=O) groups excluding carboxylic acids is 1. The van der Waals surface area contributed by atoms with Gasteiger partial charge in [-0.3, -0.25) is 19.9 Å². The van der Waals surface area contributed by atoms with Crippen molar-refractivity contribution in [3.05, 3.63) is 39.9 Å². The van der Waals surface area contributed by atoms with Gasteiger partial charge in [0, 0.05) is 17.5 Å². The molecule has 0 heterocycles. The summed E-state index contributed by atoms with van der Waals surface area (Å²) in [5.41, 5.74) is 0.223. The number of non-ortho nitro benzene ring substituents is 1. The maximum Gasteiger partial charge on any atom is 0.269 e. The van der Waals surface area contributed by atoms with Gasteiger partial charge in [-0.05, 0) is 5.56 Å². The second-order valence-corrected chi connectivity index (χ2v) is 5.11. The van der Waals surface area contributed by atoms with Crippen molar-refractivity contribution in [3.8, 4) is 0 Å². The third kappa shape index (κ3) is 3.53. The lowest BCUT2D eigenvalue weighted by molar-refractivity contribution is -0.384. The molecule has 98 valence electrons. The van der Waals surface area contributed by atoms with Gasteiger partial charge >= 0.3 is 0 Å². The first-order chi connectivity index (χ1) is 8.21. The molecule has 0 aliphatic heterocycles. The van der Waals surface area contributed by atoms with Crippen molar-refractivity contribution >= 4 is 11.6 Å². The molecule has 1 rings (SSSR count). The zero-order valence-corrected chi connectivity index (χ0v) is 10.7. The lowest BCUT2D eigenvalue weighted by Gasteiger charge is -2.25. The van der Waals surface area contributed by atoms with Gasteiger partial charge < -0.3 is 0 Å². The van der Waals surface area contributed by atoms with Gasteiger partial charge in [-0.2, -0.15) is 0 Å². The molecule has 1 amide bonds. The number of carbonyl (C=O) groups is 1. The fourth-order valence-corrected chi connectivity index (χ4v) is 1.42. The molecule has 6 heteroatoms. The number of nitrogens with two attached hydrogens (primary N) is 1. The quantitative estimate of drug-likeness (QED) is 0.384. The van der Waals surface area contributed by atoms with Gasteiger partial charge in [0.05, 0.1) is 11.5 Å². The van der Waals surface area contributed by atoms with E-state index in [2.05, 4.69) is 0 Å². The molecule has 0 aliphatic carbocycles. The Hall–Kier alpha value is -1.95. The number of nitro groups is 1. The minimum atomic E-state index is -0.546. The van der Waals surface area contributed by atoms with Crippen LogP contribution >= 0.6 is 0 Å². The van der Waals surface area contributed by atoms with E-state index in [1.165, 1.54) is 12.1 Å². The molecule has 1 aromatic carbocycles. The van der Waals surface area contributed by atoms with Crippen LogP contribution in [0, 0.1) is 15.5 Å². The van der Waals surface area contributed by atoms with E-state index in [4.69, 9.17) is 5.84 Å². The molecular formula is C12H17N3O3. The normalized spacial score (nSPS) is 11.1. The number of benzene rings is 1. The Morgan fingerprint density at radius 1 is 1.33 bits per heavy atom. The minimum Gasteiger partial charge on any atom is -0.276 e. The molecule has 0 saturated carbocycles. The van der Waals surface area contributed by atoms with Crippen molar-refractivity contribution in [2.24, 2.45) is 11.3 Å². The molecule has 0 fully saturated rings. The minimum absolute atomic E-state index is 0.0180. The molecule has 0 radical (unpaired) electrons. The Morgan fingerprint density at radius 2 is 1.83 bits per heavy atom. The highest BCUT2D eigenvalue weighted by atomic mass is 16.6. The van der Waals surface area contributed by atoms with Crippen LogP contribution in [-0.4, -0.2) is 15.8 Å². The average molecular weight is 251 g/mol. The van der Waals surface area contributed by atoms with Crippen molar-refractivity contribution in [2.75, 3.05) is 0 Å². The van der Waals surface area contributed by atoms with Crippen molar-refractivity contribution in [1.29, 1.82) is 0 Å². The molecule has 0 aromatic heterocycles. The van der Waals surface area contributed by atoms with Gasteiger partial charge in [0.25, 0.3) is 5.69 Å². The Balaban J connectivity index is 2.74. The number of hydrogen-bond acceptors (Lipinski definition) is 4. The maximum atomic E-state index is 11.8. The van der Waals surface area contributed by atoms with Crippen molar-refractivity contribution in [3.63, 3.8) is 0 Å². The monoisotopic (exact) mass is 251 g/mol. The van der Waals surface area contributed by atoms with E-state index >= 15 is 0 Å². The highest BCUT2D eigenvalue weighted by Gasteiger charge is 2.25. The van der Waals surface area contributed by atoms with Crippen LogP contribution in [0.4, 0.5) is 5.69 Å². The standard InChI is InChI=1S/C12H17N3O3/c1-12(2,3)11(16)14(13)8-9-4-6-10(7-5-9)15(17)18/h4-7H,8,13H2,1-3H3. The average Bonchev–Trinajstić information content (AvgIpc) is 2.27. The summed E-state index contributed by atoms with van der Waals surface area (Å²) >= 11 is 0. The predicted octanol–water partition coefficient (Wildman–Crippen LogP) is 1.84.